The third-order valence-corrected chi connectivity index (χ3v) is 5.67. The average molecular weight is 420 g/mol. The lowest BCUT2D eigenvalue weighted by Gasteiger charge is -2.36. The van der Waals surface area contributed by atoms with Crippen molar-refractivity contribution in [2.75, 3.05) is 11.9 Å². The molecule has 3 aromatic rings. The molecular formula is C20H23F3N6O. The van der Waals surface area contributed by atoms with Crippen LogP contribution in [0.5, 0.6) is 0 Å². The summed E-state index contributed by atoms with van der Waals surface area (Å²) in [7, 11) is 3.65. The zero-order chi connectivity index (χ0) is 21.5. The van der Waals surface area contributed by atoms with E-state index >= 15 is 0 Å². The summed E-state index contributed by atoms with van der Waals surface area (Å²) in [6, 6.07) is 5.32. The Hall–Kier alpha value is -3.04. The zero-order valence-electron chi connectivity index (χ0n) is 16.7. The molecule has 1 aliphatic rings. The Labute approximate surface area is 171 Å². The number of nitrogens with one attached hydrogen (secondary N) is 1. The van der Waals surface area contributed by atoms with Crippen molar-refractivity contribution in [2.45, 2.75) is 43.9 Å². The molecule has 3 aromatic heterocycles. The van der Waals surface area contributed by atoms with Gasteiger partial charge in [0.1, 0.15) is 11.5 Å². The van der Waals surface area contributed by atoms with Crippen LogP contribution in [0.4, 0.5) is 19.0 Å². The molecule has 7 nitrogen and oxygen atoms in total. The normalized spacial score (nSPS) is 19.8. The van der Waals surface area contributed by atoms with E-state index in [4.69, 9.17) is 0 Å². The molecule has 0 aliphatic heterocycles. The van der Waals surface area contributed by atoms with Crippen LogP contribution in [0.2, 0.25) is 0 Å². The van der Waals surface area contributed by atoms with Crippen LogP contribution in [0.1, 0.15) is 41.7 Å². The third kappa shape index (κ3) is 3.99. The van der Waals surface area contributed by atoms with E-state index in [1.165, 1.54) is 10.6 Å². The van der Waals surface area contributed by atoms with Gasteiger partial charge in [-0.05, 0) is 37.8 Å². The van der Waals surface area contributed by atoms with E-state index in [-0.39, 0.29) is 23.6 Å². The molecule has 160 valence electrons. The summed E-state index contributed by atoms with van der Waals surface area (Å²) in [5, 5.41) is 7.06. The highest BCUT2D eigenvalue weighted by Crippen LogP contribution is 2.31. The molecule has 30 heavy (non-hydrogen) atoms. The van der Waals surface area contributed by atoms with Crippen LogP contribution >= 0.6 is 0 Å². The number of carbonyl (C=O) groups excluding carboxylic acids is 1. The Bertz CT molecular complexity index is 1050. The number of hydrogen-bond donors (Lipinski definition) is 1. The van der Waals surface area contributed by atoms with Crippen molar-refractivity contribution in [1.82, 2.24) is 24.5 Å². The van der Waals surface area contributed by atoms with Gasteiger partial charge in [0, 0.05) is 38.6 Å². The molecular weight excluding hydrogens is 397 g/mol. The van der Waals surface area contributed by atoms with Crippen LogP contribution in [0.3, 0.4) is 0 Å². The van der Waals surface area contributed by atoms with Crippen LogP contribution < -0.4 is 10.2 Å². The zero-order valence-corrected chi connectivity index (χ0v) is 16.7. The predicted molar refractivity (Wildman–Crippen MR) is 105 cm³/mol. The molecule has 1 fully saturated rings. The molecule has 4 rings (SSSR count). The Kier molecular flexibility index (Phi) is 5.17. The smallest absolute Gasteiger partial charge is 0.358 e. The van der Waals surface area contributed by atoms with E-state index in [1.54, 1.807) is 36.1 Å². The number of anilines is 1. The van der Waals surface area contributed by atoms with E-state index in [9.17, 15) is 18.0 Å². The largest absolute Gasteiger partial charge is 0.434 e. The van der Waals surface area contributed by atoms with E-state index in [0.717, 1.165) is 31.9 Å². The molecule has 3 heterocycles. The van der Waals surface area contributed by atoms with Crippen molar-refractivity contribution < 1.29 is 18.0 Å². The maximum Gasteiger partial charge on any atom is 0.434 e. The second-order valence-electron chi connectivity index (χ2n) is 7.73. The number of alkyl halides is 3. The summed E-state index contributed by atoms with van der Waals surface area (Å²) in [5.74, 6) is 0.529. The first-order valence-electron chi connectivity index (χ1n) is 9.80. The number of imidazole rings is 1. The second-order valence-corrected chi connectivity index (χ2v) is 7.73. The highest BCUT2D eigenvalue weighted by Gasteiger charge is 2.34. The van der Waals surface area contributed by atoms with E-state index in [2.05, 4.69) is 15.4 Å². The highest BCUT2D eigenvalue weighted by atomic mass is 19.4. The number of carbonyl (C=O) groups is 1. The topological polar surface area (TPSA) is 67.5 Å². The molecule has 0 unspecified atom stereocenters. The van der Waals surface area contributed by atoms with Gasteiger partial charge >= 0.3 is 6.18 Å². The van der Waals surface area contributed by atoms with Crippen molar-refractivity contribution >= 4 is 17.4 Å². The summed E-state index contributed by atoms with van der Waals surface area (Å²) in [6.45, 7) is 0. The first kappa shape index (κ1) is 20.2. The highest BCUT2D eigenvalue weighted by molar-refractivity contribution is 5.93. The number of amides is 1. The molecule has 1 amide bonds. The minimum absolute atomic E-state index is 0.0724. The molecule has 0 aromatic carbocycles. The standard InChI is InChI=1S/C20H23F3N6O/c1-27-11-13(10-24-27)19(30)25-14-6-8-15(9-7-14)28(2)18-5-3-4-17-26-16(12-29(17)18)20(21,22)23/h3-5,10-12,14-15H,6-9H2,1-2H3,(H,25,30). The minimum atomic E-state index is -4.48. The first-order chi connectivity index (χ1) is 14.2. The van der Waals surface area contributed by atoms with Crippen LogP contribution in [-0.4, -0.2) is 44.2 Å². The summed E-state index contributed by atoms with van der Waals surface area (Å²) < 4.78 is 42.2. The second kappa shape index (κ2) is 7.66. The summed E-state index contributed by atoms with van der Waals surface area (Å²) in [4.78, 5) is 18.0. The number of halogens is 3. The van der Waals surface area contributed by atoms with Gasteiger partial charge in [0.2, 0.25) is 0 Å². The number of fused-ring (bicyclic) bond motifs is 1. The average Bonchev–Trinajstić information content (AvgIpc) is 3.34. The van der Waals surface area contributed by atoms with Crippen molar-refractivity contribution in [1.29, 1.82) is 0 Å². The fourth-order valence-corrected chi connectivity index (χ4v) is 4.02. The van der Waals surface area contributed by atoms with Gasteiger partial charge in [0.15, 0.2) is 5.69 Å². The molecule has 0 bridgehead atoms. The van der Waals surface area contributed by atoms with E-state index in [1.807, 2.05) is 11.9 Å². The van der Waals surface area contributed by atoms with Crippen molar-refractivity contribution in [2.24, 2.45) is 7.05 Å². The first-order valence-corrected chi connectivity index (χ1v) is 9.80. The molecule has 10 heteroatoms. The number of aryl methyl sites for hydroxylation is 1. The maximum atomic E-state index is 13.1. The van der Waals surface area contributed by atoms with Gasteiger partial charge in [-0.1, -0.05) is 6.07 Å². The van der Waals surface area contributed by atoms with Crippen molar-refractivity contribution in [3.8, 4) is 0 Å². The quantitative estimate of drug-likeness (QED) is 0.704. The summed E-state index contributed by atoms with van der Waals surface area (Å²) in [6.07, 6.45) is 3.03. The molecule has 0 radical (unpaired) electrons. The maximum absolute atomic E-state index is 13.1. The van der Waals surface area contributed by atoms with Crippen LogP contribution in [0, 0.1) is 0 Å². The molecule has 0 spiro atoms. The number of rotatable bonds is 4. The lowest BCUT2D eigenvalue weighted by molar-refractivity contribution is -0.140. The van der Waals surface area contributed by atoms with Gasteiger partial charge in [0.25, 0.3) is 5.91 Å². The summed E-state index contributed by atoms with van der Waals surface area (Å²) in [5.41, 5.74) is -0.0988. The molecule has 1 N–H and O–H groups in total. The van der Waals surface area contributed by atoms with Crippen molar-refractivity contribution in [3.63, 3.8) is 0 Å². The fourth-order valence-electron chi connectivity index (χ4n) is 4.02. The van der Waals surface area contributed by atoms with Gasteiger partial charge in [-0.2, -0.15) is 18.3 Å². The van der Waals surface area contributed by atoms with E-state index < -0.39 is 11.9 Å². The minimum Gasteiger partial charge on any atom is -0.358 e. The Balaban J connectivity index is 1.42. The lowest BCUT2D eigenvalue weighted by atomic mass is 9.90. The van der Waals surface area contributed by atoms with Crippen LogP contribution in [0.15, 0.2) is 36.8 Å². The Morgan fingerprint density at radius 1 is 1.20 bits per heavy atom. The van der Waals surface area contributed by atoms with Gasteiger partial charge in [0.05, 0.1) is 11.8 Å². The van der Waals surface area contributed by atoms with Gasteiger partial charge in [-0.25, -0.2) is 4.98 Å². The third-order valence-electron chi connectivity index (χ3n) is 5.67. The molecule has 0 saturated heterocycles. The van der Waals surface area contributed by atoms with Gasteiger partial charge in [-0.3, -0.25) is 13.9 Å². The van der Waals surface area contributed by atoms with Gasteiger partial charge < -0.3 is 10.2 Å². The summed E-state index contributed by atoms with van der Waals surface area (Å²) >= 11 is 0. The lowest BCUT2D eigenvalue weighted by Crippen LogP contribution is -2.43. The number of pyridine rings is 1. The van der Waals surface area contributed by atoms with Crippen LogP contribution in [0.25, 0.3) is 5.65 Å². The molecule has 1 saturated carbocycles. The fraction of sp³-hybridized carbons (Fsp3) is 0.450. The van der Waals surface area contributed by atoms with Gasteiger partial charge in [-0.15, -0.1) is 0 Å². The number of aromatic nitrogens is 4. The van der Waals surface area contributed by atoms with Crippen LogP contribution in [-0.2, 0) is 13.2 Å². The predicted octanol–water partition coefficient (Wildman–Crippen LogP) is 3.26. The molecule has 0 atom stereocenters. The number of hydrogen-bond acceptors (Lipinski definition) is 4. The Morgan fingerprint density at radius 2 is 1.93 bits per heavy atom. The van der Waals surface area contributed by atoms with Crippen molar-refractivity contribution in [3.05, 3.63) is 48.0 Å². The molecule has 1 aliphatic carbocycles. The monoisotopic (exact) mass is 420 g/mol. The SMILES string of the molecule is CN(c1cccc2nc(C(F)(F)F)cn12)C1CCC(NC(=O)c2cnn(C)c2)CC1. The number of nitrogens with zero attached hydrogens (tertiary/aromatic N) is 5. The van der Waals surface area contributed by atoms with E-state index in [0.29, 0.717) is 11.4 Å². The Morgan fingerprint density at radius 3 is 2.57 bits per heavy atom.